The summed E-state index contributed by atoms with van der Waals surface area (Å²) in [6, 6.07) is 12.8. The highest BCUT2D eigenvalue weighted by Gasteiger charge is 2.30. The Hall–Kier alpha value is -1.65. The normalized spacial score (nSPS) is 18.0. The lowest BCUT2D eigenvalue weighted by Crippen LogP contribution is -2.42. The van der Waals surface area contributed by atoms with E-state index in [2.05, 4.69) is 4.72 Å². The van der Waals surface area contributed by atoms with E-state index in [4.69, 9.17) is 11.6 Å². The molecule has 1 aliphatic rings. The van der Waals surface area contributed by atoms with Crippen molar-refractivity contribution in [3.05, 3.63) is 58.6 Å². The van der Waals surface area contributed by atoms with Gasteiger partial charge >= 0.3 is 0 Å². The molecule has 3 atom stereocenters. The molecule has 32 heavy (non-hydrogen) atoms. The average molecular weight is 499 g/mol. The Bertz CT molecular complexity index is 1060. The predicted octanol–water partition coefficient (Wildman–Crippen LogP) is 3.12. The van der Waals surface area contributed by atoms with Crippen LogP contribution in [0, 0.1) is 5.92 Å². The van der Waals surface area contributed by atoms with E-state index in [9.17, 15) is 17.2 Å². The minimum absolute atomic E-state index is 0.162. The topological polar surface area (TPSA) is 92.8 Å². The highest BCUT2D eigenvalue weighted by molar-refractivity contribution is 7.90. The Morgan fingerprint density at radius 3 is 2.44 bits per heavy atom. The number of sulfonamides is 1. The molecule has 0 fully saturated rings. The van der Waals surface area contributed by atoms with Crippen LogP contribution in [0.4, 0.5) is 11.4 Å². The van der Waals surface area contributed by atoms with Gasteiger partial charge in [0.05, 0.1) is 5.25 Å². The van der Waals surface area contributed by atoms with Crippen LogP contribution < -0.4 is 13.9 Å². The second-order valence-electron chi connectivity index (χ2n) is 8.47. The smallest absolute Gasteiger partial charge is 0.214 e. The van der Waals surface area contributed by atoms with Crippen LogP contribution in [-0.2, 0) is 34.1 Å². The standard InChI is InChI=1S/C22H30ClN3O4S2/c1-16(15-26(31(27)28)21-9-7-20(8-10-21)25(2)3)14-24-32(29,30)22-11-5-17-12-19(23)6-4-18(17)13-22/h4,6-10,12,16,22,24H,5,11,13-15H2,1-3H3,(H,27,28)/p-1/t16-,22?/m1/s1. The number of benzene rings is 2. The van der Waals surface area contributed by atoms with Gasteiger partial charge in [0.25, 0.3) is 0 Å². The average Bonchev–Trinajstić information content (AvgIpc) is 2.75. The Balaban J connectivity index is 1.60. The molecule has 0 aliphatic heterocycles. The van der Waals surface area contributed by atoms with E-state index in [-0.39, 0.29) is 19.0 Å². The Labute approximate surface area is 198 Å². The van der Waals surface area contributed by atoms with Crippen molar-refractivity contribution in [1.29, 1.82) is 0 Å². The summed E-state index contributed by atoms with van der Waals surface area (Å²) < 4.78 is 53.3. The van der Waals surface area contributed by atoms with Crippen LogP contribution in [0.3, 0.4) is 0 Å². The van der Waals surface area contributed by atoms with E-state index in [0.717, 1.165) is 16.8 Å². The third-order valence-corrected chi connectivity index (χ3v) is 8.54. The molecule has 2 unspecified atom stereocenters. The summed E-state index contributed by atoms with van der Waals surface area (Å²) in [5.74, 6) is -0.217. The van der Waals surface area contributed by atoms with Gasteiger partial charge in [-0.25, -0.2) is 13.1 Å². The van der Waals surface area contributed by atoms with Crippen molar-refractivity contribution in [2.24, 2.45) is 5.92 Å². The summed E-state index contributed by atoms with van der Waals surface area (Å²) in [7, 11) is 0.291. The van der Waals surface area contributed by atoms with Crippen molar-refractivity contribution >= 4 is 44.3 Å². The van der Waals surface area contributed by atoms with Crippen molar-refractivity contribution in [1.82, 2.24) is 4.72 Å². The van der Waals surface area contributed by atoms with Gasteiger partial charge in [0.2, 0.25) is 10.0 Å². The molecule has 0 saturated carbocycles. The summed E-state index contributed by atoms with van der Waals surface area (Å²) in [4.78, 5) is 1.93. The van der Waals surface area contributed by atoms with Gasteiger partial charge in [0.15, 0.2) is 0 Å². The molecule has 7 nitrogen and oxygen atoms in total. The summed E-state index contributed by atoms with van der Waals surface area (Å²) in [6.45, 7) is 2.16. The number of hydrogen-bond acceptors (Lipinski definition) is 5. The van der Waals surface area contributed by atoms with Crippen LogP contribution in [0.15, 0.2) is 42.5 Å². The van der Waals surface area contributed by atoms with Crippen molar-refractivity contribution < 1.29 is 17.2 Å². The summed E-state index contributed by atoms with van der Waals surface area (Å²) in [5.41, 5.74) is 3.62. The second kappa shape index (κ2) is 10.5. The maximum absolute atomic E-state index is 12.9. The van der Waals surface area contributed by atoms with Crippen molar-refractivity contribution in [3.63, 3.8) is 0 Å². The highest BCUT2D eigenvalue weighted by Crippen LogP contribution is 2.28. The van der Waals surface area contributed by atoms with Crippen LogP contribution in [0.25, 0.3) is 0 Å². The van der Waals surface area contributed by atoms with E-state index in [1.807, 2.05) is 50.2 Å². The van der Waals surface area contributed by atoms with Gasteiger partial charge in [0.1, 0.15) is 0 Å². The molecule has 0 aromatic heterocycles. The second-order valence-corrected chi connectivity index (χ2v) is 11.8. The maximum Gasteiger partial charge on any atom is 0.214 e. The molecule has 0 bridgehead atoms. The zero-order valence-corrected chi connectivity index (χ0v) is 20.8. The first-order valence-electron chi connectivity index (χ1n) is 10.5. The van der Waals surface area contributed by atoms with E-state index in [1.165, 1.54) is 4.31 Å². The number of nitrogens with zero attached hydrogens (tertiary/aromatic N) is 2. The van der Waals surface area contributed by atoms with Gasteiger partial charge in [-0.1, -0.05) is 24.6 Å². The largest absolute Gasteiger partial charge is 0.755 e. The SMILES string of the molecule is C[C@H](CNS(=O)(=O)C1CCc2cc(Cl)ccc2C1)CN(c1ccc(N(C)C)cc1)S(=O)[O-]. The lowest BCUT2D eigenvalue weighted by molar-refractivity contribution is 0.508. The summed E-state index contributed by atoms with van der Waals surface area (Å²) >= 11 is 3.57. The van der Waals surface area contributed by atoms with Crippen LogP contribution in [0.2, 0.25) is 5.02 Å². The minimum atomic E-state index is -3.53. The molecule has 0 amide bonds. The zero-order chi connectivity index (χ0) is 23.5. The molecule has 0 heterocycles. The van der Waals surface area contributed by atoms with Crippen molar-refractivity contribution in [2.45, 2.75) is 31.4 Å². The number of fused-ring (bicyclic) bond motifs is 1. The van der Waals surface area contributed by atoms with E-state index < -0.39 is 26.5 Å². The third-order valence-electron chi connectivity index (χ3n) is 5.73. The fraction of sp³-hybridized carbons (Fsp3) is 0.455. The van der Waals surface area contributed by atoms with Gasteiger partial charge in [-0.2, -0.15) is 0 Å². The molecule has 1 aliphatic carbocycles. The van der Waals surface area contributed by atoms with Gasteiger partial charge in [-0.05, 0) is 72.7 Å². The predicted molar refractivity (Wildman–Crippen MR) is 130 cm³/mol. The quantitative estimate of drug-likeness (QED) is 0.536. The first-order chi connectivity index (χ1) is 15.1. The number of anilines is 2. The molecule has 2 aromatic rings. The number of aryl methyl sites for hydroxylation is 1. The van der Waals surface area contributed by atoms with E-state index in [1.54, 1.807) is 18.2 Å². The fourth-order valence-electron chi connectivity index (χ4n) is 3.85. The Morgan fingerprint density at radius 1 is 1.16 bits per heavy atom. The molecule has 0 radical (unpaired) electrons. The summed E-state index contributed by atoms with van der Waals surface area (Å²) in [5, 5.41) is 0.153. The van der Waals surface area contributed by atoms with E-state index >= 15 is 0 Å². The molecule has 2 aromatic carbocycles. The molecular weight excluding hydrogens is 470 g/mol. The molecule has 3 rings (SSSR count). The molecule has 176 valence electrons. The Morgan fingerprint density at radius 2 is 1.81 bits per heavy atom. The van der Waals surface area contributed by atoms with Crippen molar-refractivity contribution in [2.75, 3.05) is 36.4 Å². The first kappa shape index (κ1) is 25.0. The zero-order valence-electron chi connectivity index (χ0n) is 18.5. The number of halogens is 1. The molecule has 0 saturated heterocycles. The number of nitrogens with one attached hydrogen (secondary N) is 1. The lowest BCUT2D eigenvalue weighted by Gasteiger charge is -2.30. The third kappa shape index (κ3) is 6.23. The van der Waals surface area contributed by atoms with Gasteiger partial charge < -0.3 is 13.8 Å². The van der Waals surface area contributed by atoms with E-state index in [0.29, 0.717) is 30.0 Å². The fourth-order valence-corrected chi connectivity index (χ4v) is 6.29. The summed E-state index contributed by atoms with van der Waals surface area (Å²) in [6.07, 6.45) is 1.65. The molecule has 1 N–H and O–H groups in total. The Kier molecular flexibility index (Phi) is 8.21. The minimum Gasteiger partial charge on any atom is -0.755 e. The molecule has 0 spiro atoms. The van der Waals surface area contributed by atoms with Gasteiger partial charge in [-0.15, -0.1) is 0 Å². The van der Waals surface area contributed by atoms with Crippen LogP contribution in [0.1, 0.15) is 24.5 Å². The van der Waals surface area contributed by atoms with Gasteiger partial charge in [-0.3, -0.25) is 4.21 Å². The lowest BCUT2D eigenvalue weighted by atomic mass is 9.91. The van der Waals surface area contributed by atoms with Crippen LogP contribution in [-0.4, -0.2) is 49.6 Å². The van der Waals surface area contributed by atoms with Crippen molar-refractivity contribution in [3.8, 4) is 0 Å². The maximum atomic E-state index is 12.9. The number of rotatable bonds is 9. The first-order valence-corrected chi connectivity index (χ1v) is 13.4. The number of hydrogen-bond donors (Lipinski definition) is 1. The van der Waals surface area contributed by atoms with Crippen LogP contribution in [0.5, 0.6) is 0 Å². The molecule has 10 heteroatoms. The monoisotopic (exact) mass is 498 g/mol. The molecular formula is C22H29ClN3O4S2-. The van der Waals surface area contributed by atoms with Gasteiger partial charge in [0, 0.05) is 54.8 Å². The van der Waals surface area contributed by atoms with Crippen LogP contribution >= 0.6 is 11.6 Å². The highest BCUT2D eigenvalue weighted by atomic mass is 35.5.